The molecule has 2 aromatic rings. The molecular formula is C20H16NNa3O7. The first-order chi connectivity index (χ1) is 13.2. The first-order valence-electron chi connectivity index (χ1n) is 8.25. The summed E-state index contributed by atoms with van der Waals surface area (Å²) in [5.74, 6) is -4.75. The number of hydrogen-bond acceptors (Lipinski definition) is 8. The molecule has 0 spiro atoms. The first-order valence-corrected chi connectivity index (χ1v) is 8.25. The Labute approximate surface area is 245 Å². The van der Waals surface area contributed by atoms with Crippen LogP contribution < -0.4 is 104 Å². The van der Waals surface area contributed by atoms with Gasteiger partial charge in [0.2, 0.25) is 0 Å². The number of aromatic carboxylic acids is 2. The zero-order valence-corrected chi connectivity index (χ0v) is 24.0. The fourth-order valence-corrected chi connectivity index (χ4v) is 2.75. The second-order valence-corrected chi connectivity index (χ2v) is 6.23. The fraction of sp³-hybridized carbons (Fsp3) is 0.200. The molecule has 8 nitrogen and oxygen atoms in total. The van der Waals surface area contributed by atoms with E-state index >= 15 is 0 Å². The van der Waals surface area contributed by atoms with Gasteiger partial charge in [0, 0.05) is 36.3 Å². The fourth-order valence-electron chi connectivity index (χ4n) is 2.75. The Morgan fingerprint density at radius 2 is 1.23 bits per heavy atom. The van der Waals surface area contributed by atoms with Crippen LogP contribution in [0, 0.1) is 0 Å². The third-order valence-electron chi connectivity index (χ3n) is 4.05. The molecule has 0 N–H and O–H groups in total. The van der Waals surface area contributed by atoms with Crippen molar-refractivity contribution in [3.63, 3.8) is 0 Å². The number of hydrogen-bond donors (Lipinski definition) is 0. The molecular weight excluding hydrogens is 435 g/mol. The molecule has 0 heterocycles. The number of aliphatic carboxylic acids is 1. The van der Waals surface area contributed by atoms with Crippen molar-refractivity contribution in [1.29, 1.82) is 0 Å². The predicted octanol–water partition coefficient (Wildman–Crippen LogP) is -10.6. The van der Waals surface area contributed by atoms with Gasteiger partial charge in [-0.05, 0) is 24.1 Å². The molecule has 0 aliphatic carbocycles. The monoisotopic (exact) mass is 451 g/mol. The quantitative estimate of drug-likeness (QED) is 0.270. The molecule has 2 rings (SSSR count). The number of rotatable bonds is 9. The van der Waals surface area contributed by atoms with Crippen LogP contribution in [-0.4, -0.2) is 35.1 Å². The normalized spacial score (nSPS) is 9.61. The summed E-state index contributed by atoms with van der Waals surface area (Å²) in [5.41, 5.74) is 0.571. The second kappa shape index (κ2) is 15.3. The summed E-state index contributed by atoms with van der Waals surface area (Å²) in [6.45, 7) is 1.21. The van der Waals surface area contributed by atoms with Gasteiger partial charge in [0.1, 0.15) is 0 Å². The van der Waals surface area contributed by atoms with Crippen LogP contribution in [0.15, 0.2) is 42.5 Å². The maximum atomic E-state index is 11.3. The summed E-state index contributed by atoms with van der Waals surface area (Å²) in [6.07, 6.45) is 0. The standard InChI is InChI=1S/C20H19NO7.3Na/c1-12(22)15-5-2-13(3-6-15)9-21(11-18(23)24)10-14-4-7-16(19(25)26)17(8-14)20(27)28;;;/h2-8H,9-11H2,1H3,(H,23,24)(H,25,26)(H,27,28);;;/q;3*+1/p-3. The van der Waals surface area contributed by atoms with Crippen LogP contribution >= 0.6 is 0 Å². The van der Waals surface area contributed by atoms with Crippen LogP contribution in [-0.2, 0) is 17.9 Å². The predicted molar refractivity (Wildman–Crippen MR) is 90.7 cm³/mol. The number of ketones is 1. The summed E-state index contributed by atoms with van der Waals surface area (Å²) in [6, 6.07) is 10.2. The van der Waals surface area contributed by atoms with Gasteiger partial charge < -0.3 is 29.7 Å². The number of carboxylic acids is 3. The minimum atomic E-state index is -1.67. The maximum Gasteiger partial charge on any atom is 1.00 e. The van der Waals surface area contributed by atoms with E-state index < -0.39 is 35.6 Å². The smallest absolute Gasteiger partial charge is 0.549 e. The van der Waals surface area contributed by atoms with Crippen LogP contribution in [0.5, 0.6) is 0 Å². The van der Waals surface area contributed by atoms with Crippen molar-refractivity contribution in [3.05, 3.63) is 70.3 Å². The average Bonchev–Trinajstić information content (AvgIpc) is 2.61. The summed E-state index contributed by atoms with van der Waals surface area (Å²) in [4.78, 5) is 46.0. The van der Waals surface area contributed by atoms with Crippen LogP contribution in [0.2, 0.25) is 0 Å². The number of carbonyl (C=O) groups excluding carboxylic acids is 4. The van der Waals surface area contributed by atoms with E-state index in [-0.39, 0.29) is 108 Å². The second-order valence-electron chi connectivity index (χ2n) is 6.23. The topological polar surface area (TPSA) is 141 Å². The van der Waals surface area contributed by atoms with Gasteiger partial charge in [-0.15, -0.1) is 0 Å². The number of Topliss-reactive ketones (excluding diaryl/α,β-unsaturated/α-hetero) is 1. The van der Waals surface area contributed by atoms with E-state index in [4.69, 9.17) is 0 Å². The van der Waals surface area contributed by atoms with E-state index in [1.165, 1.54) is 17.9 Å². The molecule has 0 radical (unpaired) electrons. The van der Waals surface area contributed by atoms with Gasteiger partial charge in [0.25, 0.3) is 0 Å². The van der Waals surface area contributed by atoms with Crippen molar-refractivity contribution >= 4 is 23.7 Å². The zero-order chi connectivity index (χ0) is 20.8. The van der Waals surface area contributed by atoms with E-state index in [1.807, 2.05) is 0 Å². The molecule has 11 heteroatoms. The first kappa shape index (κ1) is 32.7. The van der Waals surface area contributed by atoms with E-state index in [9.17, 15) is 34.5 Å². The summed E-state index contributed by atoms with van der Waals surface area (Å²) >= 11 is 0. The van der Waals surface area contributed by atoms with E-state index in [0.717, 1.165) is 17.7 Å². The summed E-state index contributed by atoms with van der Waals surface area (Å²) in [7, 11) is 0. The van der Waals surface area contributed by atoms with Crippen molar-refractivity contribution in [2.75, 3.05) is 6.54 Å². The molecule has 146 valence electrons. The molecule has 0 atom stereocenters. The van der Waals surface area contributed by atoms with Gasteiger partial charge in [0.15, 0.2) is 5.78 Å². The molecule has 0 saturated carbocycles. The molecule has 31 heavy (non-hydrogen) atoms. The third-order valence-corrected chi connectivity index (χ3v) is 4.05. The summed E-state index contributed by atoms with van der Waals surface area (Å²) < 4.78 is 0. The van der Waals surface area contributed by atoms with Crippen LogP contribution in [0.1, 0.15) is 49.1 Å². The van der Waals surface area contributed by atoms with Gasteiger partial charge in [-0.25, -0.2) is 0 Å². The minimum Gasteiger partial charge on any atom is -0.549 e. The van der Waals surface area contributed by atoms with E-state index in [0.29, 0.717) is 11.1 Å². The zero-order valence-electron chi connectivity index (χ0n) is 18.0. The van der Waals surface area contributed by atoms with Gasteiger partial charge in [-0.1, -0.05) is 36.4 Å². The Kier molecular flexibility index (Phi) is 16.2. The molecule has 0 aliphatic heterocycles. The largest absolute Gasteiger partial charge is 1.00 e. The van der Waals surface area contributed by atoms with Crippen molar-refractivity contribution in [3.8, 4) is 0 Å². The van der Waals surface area contributed by atoms with Crippen LogP contribution in [0.25, 0.3) is 0 Å². The molecule has 0 aliphatic rings. The SMILES string of the molecule is CC(=O)c1ccc(CN(CC(=O)[O-])Cc2ccc(C(=O)[O-])c(C(=O)[O-])c2)cc1.[Na+].[Na+].[Na+]. The Morgan fingerprint density at radius 1 is 0.742 bits per heavy atom. The van der Waals surface area contributed by atoms with E-state index in [1.54, 1.807) is 24.3 Å². The van der Waals surface area contributed by atoms with E-state index in [2.05, 4.69) is 0 Å². The Morgan fingerprint density at radius 3 is 1.68 bits per heavy atom. The van der Waals surface area contributed by atoms with Crippen molar-refractivity contribution < 1.29 is 123 Å². The Balaban J connectivity index is 0. The number of nitrogens with zero attached hydrogens (tertiary/aromatic N) is 1. The molecule has 0 unspecified atom stereocenters. The van der Waals surface area contributed by atoms with Crippen molar-refractivity contribution in [1.82, 2.24) is 4.90 Å². The van der Waals surface area contributed by atoms with Gasteiger partial charge in [-0.2, -0.15) is 0 Å². The Bertz CT molecular complexity index is 933. The van der Waals surface area contributed by atoms with Crippen LogP contribution in [0.4, 0.5) is 0 Å². The molecule has 0 bridgehead atoms. The Hall–Kier alpha value is -0.520. The van der Waals surface area contributed by atoms with Crippen LogP contribution in [0.3, 0.4) is 0 Å². The minimum absolute atomic E-state index is 0. The average molecular weight is 451 g/mol. The summed E-state index contributed by atoms with van der Waals surface area (Å²) in [5, 5.41) is 33.2. The third kappa shape index (κ3) is 10.3. The number of carboxylic acid groups (broad SMARTS) is 3. The van der Waals surface area contributed by atoms with Gasteiger partial charge in [-0.3, -0.25) is 9.69 Å². The van der Waals surface area contributed by atoms with Gasteiger partial charge >= 0.3 is 88.7 Å². The molecule has 0 saturated heterocycles. The molecule has 2 aromatic carbocycles. The maximum absolute atomic E-state index is 11.3. The number of carbonyl (C=O) groups is 4. The van der Waals surface area contributed by atoms with Gasteiger partial charge in [0.05, 0.1) is 17.9 Å². The van der Waals surface area contributed by atoms with Crippen molar-refractivity contribution in [2.24, 2.45) is 0 Å². The number of benzene rings is 2. The molecule has 0 fully saturated rings. The molecule has 0 amide bonds. The van der Waals surface area contributed by atoms with Crippen molar-refractivity contribution in [2.45, 2.75) is 20.0 Å². The molecule has 0 aromatic heterocycles.